The van der Waals surface area contributed by atoms with Crippen LogP contribution in [0.4, 0.5) is 0 Å². The lowest BCUT2D eigenvalue weighted by Gasteiger charge is -2.24. The second-order valence-corrected chi connectivity index (χ2v) is 6.76. The van der Waals surface area contributed by atoms with Gasteiger partial charge in [-0.25, -0.2) is 0 Å². The minimum Gasteiger partial charge on any atom is -0.381 e. The molecule has 0 aliphatic carbocycles. The second kappa shape index (κ2) is 5.89. The van der Waals surface area contributed by atoms with Crippen molar-refractivity contribution in [3.05, 3.63) is 36.0 Å². The van der Waals surface area contributed by atoms with Gasteiger partial charge in [0.05, 0.1) is 13.2 Å². The van der Waals surface area contributed by atoms with Crippen LogP contribution in [0.1, 0.15) is 18.5 Å². The smallest absolute Gasteiger partial charge is 0.193 e. The third-order valence-corrected chi connectivity index (χ3v) is 5.16. The number of para-hydroxylation sites is 1. The molecule has 2 aliphatic heterocycles. The molecule has 2 fully saturated rings. The first-order valence-corrected chi connectivity index (χ1v) is 8.38. The minimum atomic E-state index is 0.360. The Kier molecular flexibility index (Phi) is 3.73. The van der Waals surface area contributed by atoms with Crippen molar-refractivity contribution in [1.82, 2.24) is 15.2 Å². The molecule has 2 aliphatic rings. The van der Waals surface area contributed by atoms with Crippen LogP contribution >= 0.6 is 0 Å². The van der Waals surface area contributed by atoms with Crippen molar-refractivity contribution in [3.63, 3.8) is 0 Å². The van der Waals surface area contributed by atoms with Gasteiger partial charge < -0.3 is 19.9 Å². The maximum absolute atomic E-state index is 5.61. The van der Waals surface area contributed by atoms with Gasteiger partial charge in [0.25, 0.3) is 0 Å². The highest BCUT2D eigenvalue weighted by molar-refractivity contribution is 5.82. The number of guanidine groups is 1. The van der Waals surface area contributed by atoms with E-state index in [0.29, 0.717) is 5.41 Å². The molecule has 0 amide bonds. The van der Waals surface area contributed by atoms with Gasteiger partial charge in [-0.3, -0.25) is 4.99 Å². The van der Waals surface area contributed by atoms with Crippen LogP contribution in [0.25, 0.3) is 10.9 Å². The van der Waals surface area contributed by atoms with E-state index in [1.54, 1.807) is 0 Å². The van der Waals surface area contributed by atoms with E-state index < -0.39 is 0 Å². The number of aromatic amines is 1. The lowest BCUT2D eigenvalue weighted by Crippen LogP contribution is -2.41. The summed E-state index contributed by atoms with van der Waals surface area (Å²) in [7, 11) is 1.86. The van der Waals surface area contributed by atoms with Crippen LogP contribution in [-0.4, -0.2) is 49.2 Å². The summed E-state index contributed by atoms with van der Waals surface area (Å²) in [5.41, 5.74) is 2.73. The van der Waals surface area contributed by atoms with E-state index >= 15 is 0 Å². The van der Waals surface area contributed by atoms with Gasteiger partial charge in [-0.2, -0.15) is 0 Å². The van der Waals surface area contributed by atoms with E-state index in [4.69, 9.17) is 4.74 Å². The number of nitrogens with one attached hydrogen (secondary N) is 2. The zero-order chi connectivity index (χ0) is 15.7. The lowest BCUT2D eigenvalue weighted by atomic mass is 9.87. The summed E-state index contributed by atoms with van der Waals surface area (Å²) in [5.74, 6) is 0.993. The molecular weight excluding hydrogens is 288 g/mol. The zero-order valence-corrected chi connectivity index (χ0v) is 13.6. The number of aliphatic imine (C=N–C) groups is 1. The Morgan fingerprint density at radius 3 is 3.09 bits per heavy atom. The normalized spacial score (nSPS) is 24.9. The van der Waals surface area contributed by atoms with Gasteiger partial charge in [-0.05, 0) is 30.4 Å². The Hall–Kier alpha value is -2.01. The molecule has 1 atom stereocenters. The minimum absolute atomic E-state index is 0.360. The highest BCUT2D eigenvalue weighted by atomic mass is 16.5. The summed E-state index contributed by atoms with van der Waals surface area (Å²) in [5, 5.41) is 4.75. The number of aromatic nitrogens is 1. The van der Waals surface area contributed by atoms with Gasteiger partial charge in [0, 0.05) is 43.4 Å². The molecule has 2 aromatic rings. The summed E-state index contributed by atoms with van der Waals surface area (Å²) in [6, 6.07) is 10.6. The van der Waals surface area contributed by atoms with Crippen LogP contribution in [0, 0.1) is 5.41 Å². The number of likely N-dealkylation sites (tertiary alicyclic amines) is 1. The maximum atomic E-state index is 5.61. The van der Waals surface area contributed by atoms with Gasteiger partial charge in [-0.1, -0.05) is 18.2 Å². The van der Waals surface area contributed by atoms with Crippen molar-refractivity contribution in [3.8, 4) is 0 Å². The first kappa shape index (κ1) is 14.6. The Balaban J connectivity index is 1.41. The predicted octanol–water partition coefficient (Wildman–Crippen LogP) is 2.36. The Morgan fingerprint density at radius 1 is 1.39 bits per heavy atom. The predicted molar refractivity (Wildman–Crippen MR) is 92.6 cm³/mol. The molecule has 3 heterocycles. The largest absolute Gasteiger partial charge is 0.381 e. The number of benzene rings is 1. The molecule has 2 N–H and O–H groups in total. The first-order valence-electron chi connectivity index (χ1n) is 8.38. The zero-order valence-electron chi connectivity index (χ0n) is 13.6. The van der Waals surface area contributed by atoms with Crippen molar-refractivity contribution in [1.29, 1.82) is 0 Å². The van der Waals surface area contributed by atoms with Crippen molar-refractivity contribution < 1.29 is 4.74 Å². The lowest BCUT2D eigenvalue weighted by molar-refractivity contribution is 0.156. The number of H-pyrrole nitrogens is 1. The standard InChI is InChI=1S/C18H24N4O/c1-19-17(22-8-6-18(12-22)7-9-23-13-18)20-11-15-10-14-4-2-3-5-16(14)21-15/h2-5,10,21H,6-9,11-13H2,1H3,(H,19,20). The fourth-order valence-electron chi connectivity index (χ4n) is 3.82. The molecule has 5 heteroatoms. The van der Waals surface area contributed by atoms with Crippen LogP contribution in [0.3, 0.4) is 0 Å². The molecule has 0 radical (unpaired) electrons. The molecule has 0 saturated carbocycles. The highest BCUT2D eigenvalue weighted by Crippen LogP contribution is 2.38. The third kappa shape index (κ3) is 2.81. The third-order valence-electron chi connectivity index (χ3n) is 5.16. The summed E-state index contributed by atoms with van der Waals surface area (Å²) in [6.45, 7) is 4.70. The highest BCUT2D eigenvalue weighted by Gasteiger charge is 2.42. The summed E-state index contributed by atoms with van der Waals surface area (Å²) in [6.07, 6.45) is 2.39. The molecule has 1 unspecified atom stereocenters. The molecule has 1 aromatic carbocycles. The first-order chi connectivity index (χ1) is 11.3. The van der Waals surface area contributed by atoms with E-state index in [1.165, 1.54) is 29.4 Å². The fraction of sp³-hybridized carbons (Fsp3) is 0.500. The second-order valence-electron chi connectivity index (χ2n) is 6.76. The number of hydrogen-bond acceptors (Lipinski definition) is 2. The average Bonchev–Trinajstić information content (AvgIpc) is 3.29. The fourth-order valence-corrected chi connectivity index (χ4v) is 3.82. The van der Waals surface area contributed by atoms with Crippen LogP contribution in [0.2, 0.25) is 0 Å². The van der Waals surface area contributed by atoms with Crippen LogP contribution in [0.5, 0.6) is 0 Å². The molecule has 4 rings (SSSR count). The van der Waals surface area contributed by atoms with Crippen molar-refractivity contribution >= 4 is 16.9 Å². The van der Waals surface area contributed by atoms with Crippen LogP contribution < -0.4 is 5.32 Å². The van der Waals surface area contributed by atoms with E-state index in [9.17, 15) is 0 Å². The van der Waals surface area contributed by atoms with E-state index in [2.05, 4.69) is 50.5 Å². The molecule has 122 valence electrons. The Bertz CT molecular complexity index is 682. The summed E-state index contributed by atoms with van der Waals surface area (Å²) < 4.78 is 5.61. The number of rotatable bonds is 2. The quantitative estimate of drug-likeness (QED) is 0.661. The molecule has 2 saturated heterocycles. The number of hydrogen-bond donors (Lipinski definition) is 2. The molecule has 1 aromatic heterocycles. The van der Waals surface area contributed by atoms with Crippen LogP contribution in [-0.2, 0) is 11.3 Å². The number of fused-ring (bicyclic) bond motifs is 1. The van der Waals surface area contributed by atoms with Crippen molar-refractivity contribution in [2.75, 3.05) is 33.4 Å². The van der Waals surface area contributed by atoms with Crippen molar-refractivity contribution in [2.24, 2.45) is 10.4 Å². The van der Waals surface area contributed by atoms with Gasteiger partial charge in [-0.15, -0.1) is 0 Å². The monoisotopic (exact) mass is 312 g/mol. The Labute approximate surface area is 136 Å². The topological polar surface area (TPSA) is 52.7 Å². The van der Waals surface area contributed by atoms with Crippen LogP contribution in [0.15, 0.2) is 35.3 Å². The van der Waals surface area contributed by atoms with Gasteiger partial charge in [0.1, 0.15) is 0 Å². The Morgan fingerprint density at radius 2 is 2.30 bits per heavy atom. The molecule has 0 bridgehead atoms. The number of nitrogens with zero attached hydrogens (tertiary/aromatic N) is 2. The molecule has 5 nitrogen and oxygen atoms in total. The van der Waals surface area contributed by atoms with Gasteiger partial charge in [0.2, 0.25) is 0 Å². The van der Waals surface area contributed by atoms with Gasteiger partial charge >= 0.3 is 0 Å². The number of ether oxygens (including phenoxy) is 1. The summed E-state index contributed by atoms with van der Waals surface area (Å²) >= 11 is 0. The summed E-state index contributed by atoms with van der Waals surface area (Å²) in [4.78, 5) is 10.3. The average molecular weight is 312 g/mol. The van der Waals surface area contributed by atoms with E-state index in [0.717, 1.165) is 38.8 Å². The molecule has 23 heavy (non-hydrogen) atoms. The van der Waals surface area contributed by atoms with Gasteiger partial charge in [0.15, 0.2) is 5.96 Å². The SMILES string of the molecule is CN=C(NCc1cc2ccccc2[nH]1)N1CCC2(CCOC2)C1. The van der Waals surface area contributed by atoms with E-state index in [-0.39, 0.29) is 0 Å². The van der Waals surface area contributed by atoms with Crippen molar-refractivity contribution in [2.45, 2.75) is 19.4 Å². The van der Waals surface area contributed by atoms with E-state index in [1.807, 2.05) is 7.05 Å². The maximum Gasteiger partial charge on any atom is 0.193 e. The molecular formula is C18H24N4O. The molecule has 1 spiro atoms.